The van der Waals surface area contributed by atoms with Crippen LogP contribution in [0.1, 0.15) is 4.88 Å². The molecule has 0 aliphatic carbocycles. The zero-order chi connectivity index (χ0) is 7.72. The van der Waals surface area contributed by atoms with Gasteiger partial charge in [0.05, 0.1) is 0 Å². The van der Waals surface area contributed by atoms with Crippen molar-refractivity contribution >= 4 is 22.3 Å². The Morgan fingerprint density at radius 2 is 2.40 bits per heavy atom. The molecular weight excluding hydrogens is 154 g/mol. The molecule has 5 nitrogen and oxygen atoms in total. The highest BCUT2D eigenvalue weighted by atomic mass is 32.1. The van der Waals surface area contributed by atoms with E-state index in [0.29, 0.717) is 4.88 Å². The van der Waals surface area contributed by atoms with Crippen LogP contribution in [0.2, 0.25) is 0 Å². The smallest absolute Gasteiger partial charge is 0.358 e. The van der Waals surface area contributed by atoms with E-state index in [9.17, 15) is 10.1 Å². The minimum atomic E-state index is -0.539. The third-order valence-corrected chi connectivity index (χ3v) is 1.75. The summed E-state index contributed by atoms with van der Waals surface area (Å²) in [6.45, 7) is 1.62. The van der Waals surface area contributed by atoms with Crippen LogP contribution in [0.4, 0.5) is 10.9 Å². The van der Waals surface area contributed by atoms with E-state index < -0.39 is 4.92 Å². The topological polar surface area (TPSA) is 82.0 Å². The Hall–Kier alpha value is -1.17. The van der Waals surface area contributed by atoms with Gasteiger partial charge in [0.2, 0.25) is 0 Å². The fourth-order valence-corrected chi connectivity index (χ4v) is 1.24. The molecule has 0 unspecified atom stereocenters. The summed E-state index contributed by atoms with van der Waals surface area (Å²) >= 11 is 1.12. The Balaban J connectivity index is 3.15. The van der Waals surface area contributed by atoms with Gasteiger partial charge in [0, 0.05) is 0 Å². The van der Waals surface area contributed by atoms with Crippen LogP contribution in [0.25, 0.3) is 0 Å². The molecule has 0 radical (unpaired) electrons. The maximum absolute atomic E-state index is 10.1. The molecule has 0 aliphatic rings. The van der Waals surface area contributed by atoms with Crippen molar-refractivity contribution in [3.8, 4) is 0 Å². The summed E-state index contributed by atoms with van der Waals surface area (Å²) in [4.78, 5) is 13.6. The van der Waals surface area contributed by atoms with Crippen molar-refractivity contribution < 1.29 is 4.92 Å². The number of aromatic nitrogens is 1. The van der Waals surface area contributed by atoms with Crippen LogP contribution in [0, 0.1) is 17.0 Å². The molecule has 0 spiro atoms. The second-order valence-electron chi connectivity index (χ2n) is 1.69. The van der Waals surface area contributed by atoms with E-state index in [1.54, 1.807) is 6.92 Å². The minimum absolute atomic E-state index is 0.137. The largest absolute Gasteiger partial charge is 0.379 e. The summed E-state index contributed by atoms with van der Waals surface area (Å²) < 4.78 is 0. The first-order valence-electron chi connectivity index (χ1n) is 2.48. The standard InChI is InChI=1S/C4H5N3O2S/c1-2-3(7(8)9)6-4(5)10-2/h1H3,(H2,5,6). The minimum Gasteiger partial charge on any atom is -0.358 e. The predicted molar refractivity (Wildman–Crippen MR) is 37.9 cm³/mol. The van der Waals surface area contributed by atoms with Crippen LogP contribution >= 0.6 is 11.3 Å². The number of nitrogen functional groups attached to an aromatic ring is 1. The summed E-state index contributed by atoms with van der Waals surface area (Å²) in [5.74, 6) is -0.137. The molecule has 1 rings (SSSR count). The Morgan fingerprint density at radius 3 is 2.60 bits per heavy atom. The molecule has 54 valence electrons. The number of aryl methyl sites for hydroxylation is 1. The highest BCUT2D eigenvalue weighted by Gasteiger charge is 2.16. The maximum Gasteiger partial charge on any atom is 0.379 e. The number of rotatable bonds is 1. The van der Waals surface area contributed by atoms with Gasteiger partial charge >= 0.3 is 5.82 Å². The van der Waals surface area contributed by atoms with Gasteiger partial charge in [-0.15, -0.1) is 0 Å². The van der Waals surface area contributed by atoms with Crippen molar-refractivity contribution in [1.82, 2.24) is 4.98 Å². The van der Waals surface area contributed by atoms with Gasteiger partial charge in [-0.25, -0.2) is 0 Å². The highest BCUT2D eigenvalue weighted by Crippen LogP contribution is 2.24. The molecule has 2 N–H and O–H groups in total. The van der Waals surface area contributed by atoms with Gasteiger partial charge in [-0.3, -0.25) is 0 Å². The SMILES string of the molecule is Cc1sc(N)nc1[N+](=O)[O-]. The first-order chi connectivity index (χ1) is 4.61. The van der Waals surface area contributed by atoms with Gasteiger partial charge in [-0.1, -0.05) is 11.3 Å². The molecule has 1 heterocycles. The Morgan fingerprint density at radius 1 is 1.80 bits per heavy atom. The molecule has 1 aromatic rings. The molecule has 0 saturated carbocycles. The van der Waals surface area contributed by atoms with Crippen LogP contribution in [-0.4, -0.2) is 9.91 Å². The highest BCUT2D eigenvalue weighted by molar-refractivity contribution is 7.15. The molecule has 0 aromatic carbocycles. The molecule has 0 atom stereocenters. The second kappa shape index (κ2) is 2.22. The Labute approximate surface area is 60.6 Å². The van der Waals surface area contributed by atoms with Gasteiger partial charge in [-0.2, -0.15) is 0 Å². The number of nitrogens with zero attached hydrogens (tertiary/aromatic N) is 2. The lowest BCUT2D eigenvalue weighted by atomic mass is 10.6. The van der Waals surface area contributed by atoms with Crippen molar-refractivity contribution in [2.24, 2.45) is 0 Å². The lowest BCUT2D eigenvalue weighted by Gasteiger charge is -1.85. The number of nitro groups is 1. The molecule has 0 fully saturated rings. The third-order valence-electron chi connectivity index (χ3n) is 0.962. The number of thiazole rings is 1. The summed E-state index contributed by atoms with van der Waals surface area (Å²) in [5, 5.41) is 10.4. The zero-order valence-electron chi connectivity index (χ0n) is 5.20. The average Bonchev–Trinajstić information content (AvgIpc) is 2.10. The van der Waals surface area contributed by atoms with E-state index in [-0.39, 0.29) is 10.9 Å². The van der Waals surface area contributed by atoms with E-state index in [2.05, 4.69) is 4.98 Å². The molecule has 0 saturated heterocycles. The van der Waals surface area contributed by atoms with Gasteiger partial charge in [-0.05, 0) is 16.8 Å². The van der Waals surface area contributed by atoms with E-state index in [4.69, 9.17) is 5.73 Å². The number of hydrogen-bond acceptors (Lipinski definition) is 5. The summed E-state index contributed by atoms with van der Waals surface area (Å²) in [5.41, 5.74) is 5.22. The predicted octanol–water partition coefficient (Wildman–Crippen LogP) is 0.942. The van der Waals surface area contributed by atoms with E-state index in [0.717, 1.165) is 11.3 Å². The maximum atomic E-state index is 10.1. The molecule has 0 aliphatic heterocycles. The van der Waals surface area contributed by atoms with Crippen LogP contribution in [0.5, 0.6) is 0 Å². The van der Waals surface area contributed by atoms with E-state index >= 15 is 0 Å². The Bertz CT molecular complexity index is 269. The van der Waals surface area contributed by atoms with Gasteiger partial charge in [0.25, 0.3) is 5.13 Å². The summed E-state index contributed by atoms with van der Waals surface area (Å²) in [7, 11) is 0. The lowest BCUT2D eigenvalue weighted by Crippen LogP contribution is -1.90. The van der Waals surface area contributed by atoms with Crippen LogP contribution in [0.3, 0.4) is 0 Å². The van der Waals surface area contributed by atoms with Gasteiger partial charge in [0.1, 0.15) is 4.88 Å². The monoisotopic (exact) mass is 159 g/mol. The van der Waals surface area contributed by atoms with E-state index in [1.807, 2.05) is 0 Å². The van der Waals surface area contributed by atoms with Crippen molar-refractivity contribution in [3.63, 3.8) is 0 Å². The quantitative estimate of drug-likeness (QED) is 0.488. The summed E-state index contributed by atoms with van der Waals surface area (Å²) in [6, 6.07) is 0. The number of nitrogens with two attached hydrogens (primary N) is 1. The molecule has 10 heavy (non-hydrogen) atoms. The third kappa shape index (κ3) is 1.06. The fraction of sp³-hybridized carbons (Fsp3) is 0.250. The van der Waals surface area contributed by atoms with Crippen molar-refractivity contribution in [1.29, 1.82) is 0 Å². The van der Waals surface area contributed by atoms with E-state index in [1.165, 1.54) is 0 Å². The van der Waals surface area contributed by atoms with Crippen molar-refractivity contribution in [2.75, 3.05) is 5.73 Å². The van der Waals surface area contributed by atoms with Crippen LogP contribution in [-0.2, 0) is 0 Å². The van der Waals surface area contributed by atoms with Crippen molar-refractivity contribution in [3.05, 3.63) is 15.0 Å². The molecule has 1 aromatic heterocycles. The normalized spacial score (nSPS) is 9.70. The Kier molecular flexibility index (Phi) is 1.54. The molecule has 0 bridgehead atoms. The second-order valence-corrected chi connectivity index (χ2v) is 2.92. The number of hydrogen-bond donors (Lipinski definition) is 1. The van der Waals surface area contributed by atoms with Gasteiger partial charge < -0.3 is 15.8 Å². The van der Waals surface area contributed by atoms with Crippen LogP contribution in [0.15, 0.2) is 0 Å². The zero-order valence-corrected chi connectivity index (χ0v) is 6.01. The first-order valence-corrected chi connectivity index (χ1v) is 3.30. The van der Waals surface area contributed by atoms with Gasteiger partial charge in [0.15, 0.2) is 0 Å². The average molecular weight is 159 g/mol. The lowest BCUT2D eigenvalue weighted by molar-refractivity contribution is -0.389. The molecule has 6 heteroatoms. The number of anilines is 1. The summed E-state index contributed by atoms with van der Waals surface area (Å²) in [6.07, 6.45) is 0. The molecule has 0 amide bonds. The van der Waals surface area contributed by atoms with Crippen molar-refractivity contribution in [2.45, 2.75) is 6.92 Å². The fourth-order valence-electron chi connectivity index (χ4n) is 0.578. The first kappa shape index (κ1) is 6.94. The molecular formula is C4H5N3O2S. The van der Waals surface area contributed by atoms with Crippen LogP contribution < -0.4 is 5.73 Å².